The van der Waals surface area contributed by atoms with E-state index < -0.39 is 6.10 Å². The first-order valence-corrected chi connectivity index (χ1v) is 5.48. The molecule has 1 atom stereocenters. The Labute approximate surface area is 94.4 Å². The van der Waals surface area contributed by atoms with Crippen LogP contribution in [0.1, 0.15) is 20.3 Å². The van der Waals surface area contributed by atoms with Gasteiger partial charge in [-0.05, 0) is 25.5 Å². The molecule has 1 amide bonds. The van der Waals surface area contributed by atoms with E-state index in [1.165, 1.54) is 0 Å². The molecule has 0 saturated carbocycles. The van der Waals surface area contributed by atoms with Crippen molar-refractivity contribution in [3.8, 4) is 11.5 Å². The van der Waals surface area contributed by atoms with E-state index in [9.17, 15) is 9.90 Å². The molecule has 0 bridgehead atoms. The zero-order chi connectivity index (χ0) is 11.7. The van der Waals surface area contributed by atoms with Gasteiger partial charge in [-0.15, -0.1) is 0 Å². The lowest BCUT2D eigenvalue weighted by Gasteiger charge is -2.33. The van der Waals surface area contributed by atoms with Crippen molar-refractivity contribution in [1.29, 1.82) is 0 Å². The number of phenols is 1. The van der Waals surface area contributed by atoms with Gasteiger partial charge in [0.15, 0.2) is 6.10 Å². The van der Waals surface area contributed by atoms with Crippen molar-refractivity contribution in [3.63, 3.8) is 0 Å². The summed E-state index contributed by atoms with van der Waals surface area (Å²) < 4.78 is 5.56. The largest absolute Gasteiger partial charge is 0.508 e. The highest BCUT2D eigenvalue weighted by Crippen LogP contribution is 2.36. The van der Waals surface area contributed by atoms with E-state index in [0.29, 0.717) is 18.7 Å². The molecule has 0 spiro atoms. The van der Waals surface area contributed by atoms with Crippen molar-refractivity contribution in [2.24, 2.45) is 0 Å². The molecule has 2 rings (SSSR count). The molecular formula is C12H15NO3. The summed E-state index contributed by atoms with van der Waals surface area (Å²) in [4.78, 5) is 13.7. The van der Waals surface area contributed by atoms with Crippen LogP contribution in [-0.2, 0) is 4.79 Å². The lowest BCUT2D eigenvalue weighted by atomic mass is 10.1. The highest BCUT2D eigenvalue weighted by atomic mass is 16.5. The van der Waals surface area contributed by atoms with Crippen LogP contribution in [0.3, 0.4) is 0 Å². The summed E-state index contributed by atoms with van der Waals surface area (Å²) in [6, 6.07) is 4.81. The SMILES string of the molecule is CCC1Oc2cc(O)ccc2N(CC)C1=O. The quantitative estimate of drug-likeness (QED) is 0.830. The van der Waals surface area contributed by atoms with E-state index in [2.05, 4.69) is 0 Å². The van der Waals surface area contributed by atoms with Gasteiger partial charge in [0.1, 0.15) is 11.5 Å². The van der Waals surface area contributed by atoms with Crippen LogP contribution < -0.4 is 9.64 Å². The number of rotatable bonds is 2. The third kappa shape index (κ3) is 1.60. The molecule has 0 saturated heterocycles. The minimum Gasteiger partial charge on any atom is -0.508 e. The Hall–Kier alpha value is -1.71. The van der Waals surface area contributed by atoms with E-state index in [1.54, 1.807) is 23.1 Å². The number of ether oxygens (including phenoxy) is 1. The number of anilines is 1. The van der Waals surface area contributed by atoms with Gasteiger partial charge in [0.25, 0.3) is 5.91 Å². The fraction of sp³-hybridized carbons (Fsp3) is 0.417. The number of phenolic OH excluding ortho intramolecular Hbond substituents is 1. The Morgan fingerprint density at radius 2 is 2.19 bits per heavy atom. The molecule has 1 aromatic carbocycles. The average molecular weight is 221 g/mol. The van der Waals surface area contributed by atoms with E-state index in [4.69, 9.17) is 4.74 Å². The molecule has 1 N–H and O–H groups in total. The third-order valence-corrected chi connectivity index (χ3v) is 2.73. The monoisotopic (exact) mass is 221 g/mol. The Bertz CT molecular complexity index is 417. The van der Waals surface area contributed by atoms with Gasteiger partial charge in [-0.25, -0.2) is 0 Å². The Morgan fingerprint density at radius 1 is 1.44 bits per heavy atom. The van der Waals surface area contributed by atoms with E-state index >= 15 is 0 Å². The maximum Gasteiger partial charge on any atom is 0.268 e. The maximum atomic E-state index is 12.0. The molecule has 86 valence electrons. The fourth-order valence-corrected chi connectivity index (χ4v) is 1.90. The molecule has 1 aliphatic heterocycles. The summed E-state index contributed by atoms with van der Waals surface area (Å²) in [7, 11) is 0. The second kappa shape index (κ2) is 4.04. The number of fused-ring (bicyclic) bond motifs is 1. The standard InChI is InChI=1S/C12H15NO3/c1-3-10-12(15)13(4-2)9-6-5-8(14)7-11(9)16-10/h5-7,10,14H,3-4H2,1-2H3. The summed E-state index contributed by atoms with van der Waals surface area (Å²) in [5.74, 6) is 0.718. The molecule has 1 aromatic rings. The van der Waals surface area contributed by atoms with Crippen LogP contribution in [0.4, 0.5) is 5.69 Å². The number of hydrogen-bond acceptors (Lipinski definition) is 3. The minimum absolute atomic E-state index is 0.0109. The molecular weight excluding hydrogens is 206 g/mol. The highest BCUT2D eigenvalue weighted by molar-refractivity contribution is 6.00. The summed E-state index contributed by atoms with van der Waals surface area (Å²) in [5, 5.41) is 9.39. The Kier molecular flexibility index (Phi) is 2.73. The van der Waals surface area contributed by atoms with Crippen LogP contribution >= 0.6 is 0 Å². The van der Waals surface area contributed by atoms with Gasteiger partial charge in [-0.2, -0.15) is 0 Å². The first kappa shape index (κ1) is 10.8. The predicted octanol–water partition coefficient (Wildman–Crippen LogP) is 1.92. The van der Waals surface area contributed by atoms with Crippen molar-refractivity contribution in [1.82, 2.24) is 0 Å². The third-order valence-electron chi connectivity index (χ3n) is 2.73. The average Bonchev–Trinajstić information content (AvgIpc) is 2.28. The lowest BCUT2D eigenvalue weighted by Crippen LogP contribution is -2.45. The highest BCUT2D eigenvalue weighted by Gasteiger charge is 2.32. The second-order valence-electron chi connectivity index (χ2n) is 3.75. The molecule has 0 radical (unpaired) electrons. The molecule has 0 fully saturated rings. The fourth-order valence-electron chi connectivity index (χ4n) is 1.90. The lowest BCUT2D eigenvalue weighted by molar-refractivity contribution is -0.126. The van der Waals surface area contributed by atoms with Crippen LogP contribution in [0.2, 0.25) is 0 Å². The van der Waals surface area contributed by atoms with Crippen molar-refractivity contribution in [2.45, 2.75) is 26.4 Å². The molecule has 1 aliphatic rings. The summed E-state index contributed by atoms with van der Waals surface area (Å²) in [6.07, 6.45) is 0.194. The van der Waals surface area contributed by atoms with Gasteiger partial charge in [0, 0.05) is 12.6 Å². The second-order valence-corrected chi connectivity index (χ2v) is 3.75. The number of carbonyl (C=O) groups excluding carboxylic acids is 1. The van der Waals surface area contributed by atoms with Crippen molar-refractivity contribution >= 4 is 11.6 Å². The molecule has 1 heterocycles. The van der Waals surface area contributed by atoms with Crippen molar-refractivity contribution in [2.75, 3.05) is 11.4 Å². The zero-order valence-electron chi connectivity index (χ0n) is 9.43. The molecule has 4 heteroatoms. The van der Waals surface area contributed by atoms with E-state index in [1.807, 2.05) is 13.8 Å². The number of nitrogens with zero attached hydrogens (tertiary/aromatic N) is 1. The zero-order valence-corrected chi connectivity index (χ0v) is 9.43. The Balaban J connectivity index is 2.46. The first-order valence-electron chi connectivity index (χ1n) is 5.48. The van der Waals surface area contributed by atoms with Gasteiger partial charge in [-0.3, -0.25) is 4.79 Å². The maximum absolute atomic E-state index is 12.0. The van der Waals surface area contributed by atoms with Gasteiger partial charge in [0.05, 0.1) is 5.69 Å². The first-order chi connectivity index (χ1) is 7.67. The normalized spacial score (nSPS) is 19.2. The molecule has 16 heavy (non-hydrogen) atoms. The molecule has 4 nitrogen and oxygen atoms in total. The van der Waals surface area contributed by atoms with Gasteiger partial charge >= 0.3 is 0 Å². The number of amides is 1. The summed E-state index contributed by atoms with van der Waals surface area (Å²) in [5.41, 5.74) is 0.731. The predicted molar refractivity (Wildman–Crippen MR) is 60.8 cm³/mol. The number of hydrogen-bond donors (Lipinski definition) is 1. The number of benzene rings is 1. The summed E-state index contributed by atoms with van der Waals surface area (Å²) >= 11 is 0. The van der Waals surface area contributed by atoms with Crippen LogP contribution in [0, 0.1) is 0 Å². The van der Waals surface area contributed by atoms with Crippen LogP contribution in [-0.4, -0.2) is 23.7 Å². The van der Waals surface area contributed by atoms with Gasteiger partial charge < -0.3 is 14.7 Å². The van der Waals surface area contributed by atoms with Crippen molar-refractivity contribution in [3.05, 3.63) is 18.2 Å². The van der Waals surface area contributed by atoms with Gasteiger partial charge in [-0.1, -0.05) is 6.92 Å². The minimum atomic E-state index is -0.436. The Morgan fingerprint density at radius 3 is 2.81 bits per heavy atom. The smallest absolute Gasteiger partial charge is 0.268 e. The van der Waals surface area contributed by atoms with Crippen LogP contribution in [0.5, 0.6) is 11.5 Å². The number of aromatic hydroxyl groups is 1. The number of carbonyl (C=O) groups is 1. The van der Waals surface area contributed by atoms with E-state index in [-0.39, 0.29) is 11.7 Å². The van der Waals surface area contributed by atoms with Crippen LogP contribution in [0.15, 0.2) is 18.2 Å². The summed E-state index contributed by atoms with van der Waals surface area (Å²) in [6.45, 7) is 4.44. The van der Waals surface area contributed by atoms with Crippen molar-refractivity contribution < 1.29 is 14.6 Å². The van der Waals surface area contributed by atoms with Crippen LogP contribution in [0.25, 0.3) is 0 Å². The molecule has 1 unspecified atom stereocenters. The topological polar surface area (TPSA) is 49.8 Å². The molecule has 0 aromatic heterocycles. The number of likely N-dealkylation sites (N-methyl/N-ethyl adjacent to an activating group) is 1. The van der Waals surface area contributed by atoms with Gasteiger partial charge in [0.2, 0.25) is 0 Å². The van der Waals surface area contributed by atoms with E-state index in [0.717, 1.165) is 5.69 Å². The molecule has 0 aliphatic carbocycles.